The summed E-state index contributed by atoms with van der Waals surface area (Å²) in [5.41, 5.74) is 2.28. The van der Waals surface area contributed by atoms with Gasteiger partial charge in [-0.25, -0.2) is 4.68 Å². The number of aryl methyl sites for hydroxylation is 1. The van der Waals surface area contributed by atoms with Gasteiger partial charge in [-0.05, 0) is 49.6 Å². The SMILES string of the molecule is Cc1ccn(-c2ccc(C(=O)NCC(CC(C)C)C(=O)O)cc2)n1. The van der Waals surface area contributed by atoms with Gasteiger partial charge in [0.25, 0.3) is 5.91 Å². The molecule has 0 aliphatic carbocycles. The zero-order valence-corrected chi connectivity index (χ0v) is 14.2. The first-order valence-corrected chi connectivity index (χ1v) is 8.00. The molecule has 0 saturated carbocycles. The molecule has 0 saturated heterocycles. The van der Waals surface area contributed by atoms with Gasteiger partial charge in [0, 0.05) is 18.3 Å². The number of carboxylic acids is 1. The topological polar surface area (TPSA) is 84.2 Å². The highest BCUT2D eigenvalue weighted by atomic mass is 16.4. The van der Waals surface area contributed by atoms with Gasteiger partial charge in [0.05, 0.1) is 17.3 Å². The summed E-state index contributed by atoms with van der Waals surface area (Å²) >= 11 is 0. The lowest BCUT2D eigenvalue weighted by Gasteiger charge is -2.15. The summed E-state index contributed by atoms with van der Waals surface area (Å²) in [6, 6.07) is 8.94. The monoisotopic (exact) mass is 329 g/mol. The molecule has 1 unspecified atom stereocenters. The minimum absolute atomic E-state index is 0.131. The van der Waals surface area contributed by atoms with Crippen LogP contribution in [0.5, 0.6) is 0 Å². The molecule has 0 bridgehead atoms. The third-order valence-corrected chi connectivity index (χ3v) is 3.73. The van der Waals surface area contributed by atoms with E-state index >= 15 is 0 Å². The molecule has 1 aromatic heterocycles. The van der Waals surface area contributed by atoms with Gasteiger partial charge in [-0.3, -0.25) is 9.59 Å². The number of carboxylic acid groups (broad SMARTS) is 1. The van der Waals surface area contributed by atoms with Gasteiger partial charge in [-0.15, -0.1) is 0 Å². The van der Waals surface area contributed by atoms with E-state index in [1.54, 1.807) is 16.8 Å². The predicted octanol–water partition coefficient (Wildman–Crippen LogP) is 2.66. The summed E-state index contributed by atoms with van der Waals surface area (Å²) < 4.78 is 1.74. The maximum atomic E-state index is 12.2. The molecule has 0 radical (unpaired) electrons. The largest absolute Gasteiger partial charge is 0.481 e. The van der Waals surface area contributed by atoms with Crippen LogP contribution in [0.3, 0.4) is 0 Å². The fourth-order valence-electron chi connectivity index (χ4n) is 2.48. The molecule has 1 atom stereocenters. The van der Waals surface area contributed by atoms with Crippen molar-refractivity contribution in [1.82, 2.24) is 15.1 Å². The zero-order chi connectivity index (χ0) is 17.7. The zero-order valence-electron chi connectivity index (χ0n) is 14.2. The third-order valence-electron chi connectivity index (χ3n) is 3.73. The second-order valence-corrected chi connectivity index (χ2v) is 6.32. The standard InChI is InChI=1S/C18H23N3O3/c1-12(2)10-15(18(23)24)11-19-17(22)14-4-6-16(7-5-14)21-9-8-13(3)20-21/h4-9,12,15H,10-11H2,1-3H3,(H,19,22)(H,23,24). The average Bonchev–Trinajstić information content (AvgIpc) is 2.97. The van der Waals surface area contributed by atoms with E-state index in [1.165, 1.54) is 0 Å². The van der Waals surface area contributed by atoms with Crippen molar-refractivity contribution in [1.29, 1.82) is 0 Å². The van der Waals surface area contributed by atoms with E-state index in [9.17, 15) is 14.7 Å². The molecule has 24 heavy (non-hydrogen) atoms. The minimum atomic E-state index is -0.881. The van der Waals surface area contributed by atoms with E-state index in [4.69, 9.17) is 0 Å². The van der Waals surface area contributed by atoms with Gasteiger partial charge in [0.1, 0.15) is 0 Å². The maximum Gasteiger partial charge on any atom is 0.308 e. The Morgan fingerprint density at radius 2 is 1.88 bits per heavy atom. The van der Waals surface area contributed by atoms with Crippen LogP contribution in [0.1, 0.15) is 36.3 Å². The van der Waals surface area contributed by atoms with Gasteiger partial charge in [-0.1, -0.05) is 13.8 Å². The number of rotatable bonds is 7. The van der Waals surface area contributed by atoms with Crippen LogP contribution in [0.2, 0.25) is 0 Å². The highest BCUT2D eigenvalue weighted by Gasteiger charge is 2.20. The Balaban J connectivity index is 1.98. The Morgan fingerprint density at radius 3 is 2.38 bits per heavy atom. The van der Waals surface area contributed by atoms with E-state index < -0.39 is 11.9 Å². The molecular weight excluding hydrogens is 306 g/mol. The molecule has 0 aliphatic rings. The first kappa shape index (κ1) is 17.7. The van der Waals surface area contributed by atoms with Gasteiger partial charge in [-0.2, -0.15) is 5.10 Å². The van der Waals surface area contributed by atoms with Crippen molar-refractivity contribution in [2.24, 2.45) is 11.8 Å². The van der Waals surface area contributed by atoms with E-state index in [-0.39, 0.29) is 18.4 Å². The molecule has 6 heteroatoms. The number of carbonyl (C=O) groups excluding carboxylic acids is 1. The summed E-state index contributed by atoms with van der Waals surface area (Å²) in [5, 5.41) is 16.2. The number of hydrogen-bond donors (Lipinski definition) is 2. The Hall–Kier alpha value is -2.63. The number of nitrogens with one attached hydrogen (secondary N) is 1. The van der Waals surface area contributed by atoms with Gasteiger partial charge in [0.2, 0.25) is 0 Å². The first-order chi connectivity index (χ1) is 11.4. The molecule has 128 valence electrons. The van der Waals surface area contributed by atoms with Crippen LogP contribution >= 0.6 is 0 Å². The van der Waals surface area contributed by atoms with Crippen LogP contribution in [0, 0.1) is 18.8 Å². The van der Waals surface area contributed by atoms with Crippen molar-refractivity contribution < 1.29 is 14.7 Å². The molecule has 2 aromatic rings. The van der Waals surface area contributed by atoms with Crippen LogP contribution in [-0.4, -0.2) is 33.3 Å². The Labute approximate surface area is 141 Å². The number of benzene rings is 1. The van der Waals surface area contributed by atoms with Crippen molar-refractivity contribution in [3.05, 3.63) is 47.8 Å². The van der Waals surface area contributed by atoms with Crippen molar-refractivity contribution in [3.63, 3.8) is 0 Å². The number of nitrogens with zero attached hydrogens (tertiary/aromatic N) is 2. The quantitative estimate of drug-likeness (QED) is 0.818. The number of amides is 1. The molecule has 1 heterocycles. The van der Waals surface area contributed by atoms with Crippen LogP contribution in [-0.2, 0) is 4.79 Å². The molecule has 0 spiro atoms. The van der Waals surface area contributed by atoms with Crippen molar-refractivity contribution >= 4 is 11.9 Å². The summed E-state index contributed by atoms with van der Waals surface area (Å²) in [5.74, 6) is -1.46. The molecule has 1 aromatic carbocycles. The van der Waals surface area contributed by atoms with Crippen LogP contribution in [0.4, 0.5) is 0 Å². The molecule has 1 amide bonds. The first-order valence-electron chi connectivity index (χ1n) is 8.00. The van der Waals surface area contributed by atoms with E-state index in [2.05, 4.69) is 10.4 Å². The molecule has 2 N–H and O–H groups in total. The Morgan fingerprint density at radius 1 is 1.21 bits per heavy atom. The molecule has 6 nitrogen and oxygen atoms in total. The highest BCUT2D eigenvalue weighted by molar-refractivity contribution is 5.94. The maximum absolute atomic E-state index is 12.2. The lowest BCUT2D eigenvalue weighted by molar-refractivity contribution is -0.142. The Bertz CT molecular complexity index is 705. The fraction of sp³-hybridized carbons (Fsp3) is 0.389. The second-order valence-electron chi connectivity index (χ2n) is 6.32. The minimum Gasteiger partial charge on any atom is -0.481 e. The van der Waals surface area contributed by atoms with Crippen LogP contribution in [0.25, 0.3) is 5.69 Å². The Kier molecular flexibility index (Phi) is 5.73. The van der Waals surface area contributed by atoms with Crippen molar-refractivity contribution in [3.8, 4) is 5.69 Å². The molecule has 0 fully saturated rings. The van der Waals surface area contributed by atoms with E-state index in [0.29, 0.717) is 12.0 Å². The number of aliphatic carboxylic acids is 1. The smallest absolute Gasteiger partial charge is 0.308 e. The van der Waals surface area contributed by atoms with Crippen molar-refractivity contribution in [2.45, 2.75) is 27.2 Å². The number of aromatic nitrogens is 2. The summed E-state index contributed by atoms with van der Waals surface area (Å²) in [6.45, 7) is 5.97. The van der Waals surface area contributed by atoms with Gasteiger partial charge in [0.15, 0.2) is 0 Å². The summed E-state index contributed by atoms with van der Waals surface area (Å²) in [6.07, 6.45) is 2.39. The fourth-order valence-corrected chi connectivity index (χ4v) is 2.48. The van der Waals surface area contributed by atoms with Gasteiger partial charge >= 0.3 is 5.97 Å². The van der Waals surface area contributed by atoms with Gasteiger partial charge < -0.3 is 10.4 Å². The lowest BCUT2D eigenvalue weighted by Crippen LogP contribution is -2.33. The lowest BCUT2D eigenvalue weighted by atomic mass is 9.97. The number of carbonyl (C=O) groups is 2. The third kappa shape index (κ3) is 4.68. The summed E-state index contributed by atoms with van der Waals surface area (Å²) in [7, 11) is 0. The molecule has 2 rings (SSSR count). The summed E-state index contributed by atoms with van der Waals surface area (Å²) in [4.78, 5) is 23.4. The highest BCUT2D eigenvalue weighted by Crippen LogP contribution is 2.12. The van der Waals surface area contributed by atoms with Crippen LogP contribution in [0.15, 0.2) is 36.5 Å². The van der Waals surface area contributed by atoms with E-state index in [1.807, 2.05) is 45.2 Å². The molecular formula is C18H23N3O3. The van der Waals surface area contributed by atoms with E-state index in [0.717, 1.165) is 11.4 Å². The van der Waals surface area contributed by atoms with Crippen LogP contribution < -0.4 is 5.32 Å². The average molecular weight is 329 g/mol. The van der Waals surface area contributed by atoms with Crippen molar-refractivity contribution in [2.75, 3.05) is 6.54 Å². The number of hydrogen-bond acceptors (Lipinski definition) is 3. The molecule has 0 aliphatic heterocycles. The predicted molar refractivity (Wildman–Crippen MR) is 91.2 cm³/mol. The normalized spacial score (nSPS) is 12.2. The second kappa shape index (κ2) is 7.77.